The van der Waals surface area contributed by atoms with E-state index < -0.39 is 0 Å². The van der Waals surface area contributed by atoms with E-state index in [0.29, 0.717) is 28.0 Å². The van der Waals surface area contributed by atoms with Gasteiger partial charge in [-0.05, 0) is 54.6 Å². The number of halogens is 2. The summed E-state index contributed by atoms with van der Waals surface area (Å²) in [5.41, 5.74) is 1.60. The molecule has 140 valence electrons. The molecule has 4 rings (SSSR count). The number of anilines is 3. The van der Waals surface area contributed by atoms with Crippen LogP contribution in [0.1, 0.15) is 10.5 Å². The first-order valence-electron chi connectivity index (χ1n) is 8.42. The summed E-state index contributed by atoms with van der Waals surface area (Å²) in [6, 6.07) is 14.5. The fraction of sp³-hybridized carbons (Fsp3) is 0.0500. The van der Waals surface area contributed by atoms with Gasteiger partial charge in [0.1, 0.15) is 5.82 Å². The molecule has 0 bridgehead atoms. The number of carbonyl (C=O) groups is 1. The number of nitrogens with zero attached hydrogens (tertiary/aromatic N) is 4. The summed E-state index contributed by atoms with van der Waals surface area (Å²) in [7, 11) is 1.62. The molecule has 2 heterocycles. The van der Waals surface area contributed by atoms with Crippen molar-refractivity contribution < 1.29 is 9.18 Å². The van der Waals surface area contributed by atoms with Crippen molar-refractivity contribution in [2.75, 3.05) is 17.3 Å². The van der Waals surface area contributed by atoms with Gasteiger partial charge < -0.3 is 10.2 Å². The Hall–Kier alpha value is -3.45. The van der Waals surface area contributed by atoms with Crippen molar-refractivity contribution in [2.24, 2.45) is 0 Å². The Kier molecular flexibility index (Phi) is 4.67. The normalized spacial score (nSPS) is 10.8. The molecular formula is C20H15ClFN5O. The van der Waals surface area contributed by atoms with Gasteiger partial charge in [-0.1, -0.05) is 11.6 Å². The monoisotopic (exact) mass is 395 g/mol. The van der Waals surface area contributed by atoms with Gasteiger partial charge in [-0.15, -0.1) is 0 Å². The van der Waals surface area contributed by atoms with Gasteiger partial charge in [0, 0.05) is 35.8 Å². The molecule has 1 amide bonds. The molecule has 0 aliphatic rings. The maximum atomic E-state index is 13.3. The second kappa shape index (κ2) is 7.28. The van der Waals surface area contributed by atoms with Crippen LogP contribution >= 0.6 is 11.6 Å². The van der Waals surface area contributed by atoms with Crippen LogP contribution in [0.4, 0.5) is 21.6 Å². The van der Waals surface area contributed by atoms with E-state index in [1.807, 2.05) is 0 Å². The summed E-state index contributed by atoms with van der Waals surface area (Å²) >= 11 is 5.94. The molecule has 0 aliphatic heterocycles. The van der Waals surface area contributed by atoms with Gasteiger partial charge in [-0.2, -0.15) is 4.98 Å². The van der Waals surface area contributed by atoms with E-state index in [-0.39, 0.29) is 11.7 Å². The predicted octanol–water partition coefficient (Wildman–Crippen LogP) is 4.54. The molecule has 0 fully saturated rings. The van der Waals surface area contributed by atoms with Crippen LogP contribution in [0.5, 0.6) is 0 Å². The molecule has 0 unspecified atom stereocenters. The zero-order chi connectivity index (χ0) is 19.7. The highest BCUT2D eigenvalue weighted by molar-refractivity contribution is 6.30. The Morgan fingerprint density at radius 3 is 2.57 bits per heavy atom. The number of imidazole rings is 1. The molecule has 0 spiro atoms. The van der Waals surface area contributed by atoms with Gasteiger partial charge >= 0.3 is 0 Å². The fourth-order valence-electron chi connectivity index (χ4n) is 2.79. The lowest BCUT2D eigenvalue weighted by Gasteiger charge is -2.18. The zero-order valence-corrected chi connectivity index (χ0v) is 15.6. The summed E-state index contributed by atoms with van der Waals surface area (Å²) < 4.78 is 14.8. The van der Waals surface area contributed by atoms with Gasteiger partial charge in [-0.25, -0.2) is 9.37 Å². The van der Waals surface area contributed by atoms with Crippen molar-refractivity contribution >= 4 is 40.5 Å². The van der Waals surface area contributed by atoms with Gasteiger partial charge in [0.05, 0.1) is 0 Å². The van der Waals surface area contributed by atoms with Crippen LogP contribution in [0.25, 0.3) is 5.78 Å². The predicted molar refractivity (Wildman–Crippen MR) is 107 cm³/mol. The van der Waals surface area contributed by atoms with Crippen molar-refractivity contribution in [1.29, 1.82) is 0 Å². The summed E-state index contributed by atoms with van der Waals surface area (Å²) in [6.45, 7) is 0. The highest BCUT2D eigenvalue weighted by atomic mass is 35.5. The highest BCUT2D eigenvalue weighted by Gasteiger charge is 2.24. The Balaban J connectivity index is 1.76. The number of carbonyl (C=O) groups excluding carboxylic acids is 1. The highest BCUT2D eigenvalue weighted by Crippen LogP contribution is 2.25. The van der Waals surface area contributed by atoms with Gasteiger partial charge in [0.25, 0.3) is 5.91 Å². The van der Waals surface area contributed by atoms with Crippen LogP contribution in [0, 0.1) is 5.82 Å². The lowest BCUT2D eigenvalue weighted by atomic mass is 10.2. The lowest BCUT2D eigenvalue weighted by Crippen LogP contribution is -2.28. The Bertz CT molecular complexity index is 1140. The van der Waals surface area contributed by atoms with E-state index in [1.165, 1.54) is 17.0 Å². The quantitative estimate of drug-likeness (QED) is 0.551. The molecule has 8 heteroatoms. The molecule has 4 aromatic rings. The van der Waals surface area contributed by atoms with Gasteiger partial charge in [0.2, 0.25) is 5.78 Å². The van der Waals surface area contributed by atoms with Crippen molar-refractivity contribution in [3.8, 4) is 0 Å². The number of benzene rings is 2. The molecule has 2 aromatic heterocycles. The van der Waals surface area contributed by atoms with E-state index in [9.17, 15) is 9.18 Å². The summed E-state index contributed by atoms with van der Waals surface area (Å²) in [5.74, 6) is 0.0621. The summed E-state index contributed by atoms with van der Waals surface area (Å²) in [4.78, 5) is 23.3. The second-order valence-corrected chi connectivity index (χ2v) is 6.51. The van der Waals surface area contributed by atoms with E-state index >= 15 is 0 Å². The van der Waals surface area contributed by atoms with Crippen molar-refractivity contribution in [1.82, 2.24) is 14.4 Å². The van der Waals surface area contributed by atoms with Crippen LogP contribution < -0.4 is 10.2 Å². The maximum absolute atomic E-state index is 13.3. The van der Waals surface area contributed by atoms with Gasteiger partial charge in [0.15, 0.2) is 11.5 Å². The van der Waals surface area contributed by atoms with E-state index in [4.69, 9.17) is 11.6 Å². The van der Waals surface area contributed by atoms with E-state index in [0.717, 1.165) is 5.69 Å². The molecule has 0 radical (unpaired) electrons. The number of rotatable bonds is 4. The number of aromatic nitrogens is 3. The van der Waals surface area contributed by atoms with Crippen LogP contribution in [0.3, 0.4) is 0 Å². The number of nitrogens with one attached hydrogen (secondary N) is 1. The topological polar surface area (TPSA) is 62.5 Å². The van der Waals surface area contributed by atoms with Crippen molar-refractivity contribution in [2.45, 2.75) is 0 Å². The Labute approximate surface area is 165 Å². The third kappa shape index (κ3) is 3.39. The minimum atomic E-state index is -0.367. The fourth-order valence-corrected chi connectivity index (χ4v) is 2.92. The first kappa shape index (κ1) is 17.9. The second-order valence-electron chi connectivity index (χ2n) is 6.07. The average Bonchev–Trinajstić information content (AvgIpc) is 3.07. The smallest absolute Gasteiger partial charge is 0.278 e. The van der Waals surface area contributed by atoms with E-state index in [2.05, 4.69) is 15.3 Å². The number of fused-ring (bicyclic) bond motifs is 1. The zero-order valence-electron chi connectivity index (χ0n) is 14.8. The third-order valence-corrected chi connectivity index (χ3v) is 4.48. The number of hydrogen-bond donors (Lipinski definition) is 1. The summed E-state index contributed by atoms with van der Waals surface area (Å²) in [5, 5.41) is 3.75. The van der Waals surface area contributed by atoms with Crippen LogP contribution in [0.15, 0.2) is 67.0 Å². The lowest BCUT2D eigenvalue weighted by molar-refractivity contribution is 0.0988. The first-order valence-corrected chi connectivity index (χ1v) is 8.80. The standard InChI is InChI=1S/C20H15ClFN5O/c1-26(16-9-5-14(22)6-10-16)19(28)17-18(24-15-7-3-13(21)4-8-15)25-20-23-11-2-12-27(17)20/h2-12,24H,1H3. The molecule has 0 atom stereocenters. The van der Waals surface area contributed by atoms with Crippen LogP contribution in [-0.2, 0) is 0 Å². The summed E-state index contributed by atoms with van der Waals surface area (Å²) in [6.07, 6.45) is 3.32. The van der Waals surface area contributed by atoms with E-state index in [1.54, 1.807) is 66.3 Å². The third-order valence-electron chi connectivity index (χ3n) is 4.23. The van der Waals surface area contributed by atoms with Crippen LogP contribution in [-0.4, -0.2) is 27.3 Å². The minimum Gasteiger partial charge on any atom is -0.338 e. The van der Waals surface area contributed by atoms with Crippen LogP contribution in [0.2, 0.25) is 5.02 Å². The molecule has 1 N–H and O–H groups in total. The molecular weight excluding hydrogens is 381 g/mol. The largest absolute Gasteiger partial charge is 0.338 e. The average molecular weight is 396 g/mol. The maximum Gasteiger partial charge on any atom is 0.278 e. The molecule has 2 aromatic carbocycles. The van der Waals surface area contributed by atoms with Crippen molar-refractivity contribution in [3.05, 3.63) is 83.5 Å². The Morgan fingerprint density at radius 1 is 1.14 bits per heavy atom. The molecule has 6 nitrogen and oxygen atoms in total. The number of amides is 1. The molecule has 28 heavy (non-hydrogen) atoms. The molecule has 0 saturated heterocycles. The molecule has 0 aliphatic carbocycles. The Morgan fingerprint density at radius 2 is 1.86 bits per heavy atom. The minimum absolute atomic E-state index is 0.310. The van der Waals surface area contributed by atoms with Gasteiger partial charge in [-0.3, -0.25) is 9.20 Å². The SMILES string of the molecule is CN(C(=O)c1c(Nc2ccc(Cl)cc2)nc2ncccn12)c1ccc(F)cc1. The molecule has 0 saturated carbocycles. The number of hydrogen-bond acceptors (Lipinski definition) is 4. The van der Waals surface area contributed by atoms with Crippen molar-refractivity contribution in [3.63, 3.8) is 0 Å². The first-order chi connectivity index (χ1) is 13.5.